The molecule has 26 heavy (non-hydrogen) atoms. The van der Waals surface area contributed by atoms with Gasteiger partial charge in [0, 0.05) is 17.5 Å². The van der Waals surface area contributed by atoms with Crippen molar-refractivity contribution in [2.24, 2.45) is 0 Å². The first kappa shape index (κ1) is 17.9. The number of amides is 2. The summed E-state index contributed by atoms with van der Waals surface area (Å²) in [5.74, 6) is 1.54. The molecule has 1 unspecified atom stereocenters. The molecule has 3 rings (SSSR count). The van der Waals surface area contributed by atoms with Crippen LogP contribution in [0.2, 0.25) is 0 Å². The summed E-state index contributed by atoms with van der Waals surface area (Å²) in [4.78, 5) is 12.2. The Labute approximate surface area is 153 Å². The van der Waals surface area contributed by atoms with E-state index < -0.39 is 0 Å². The van der Waals surface area contributed by atoms with E-state index in [9.17, 15) is 4.79 Å². The van der Waals surface area contributed by atoms with Crippen LogP contribution in [0.1, 0.15) is 29.9 Å². The molecule has 2 amide bonds. The number of rotatable bonds is 6. The van der Waals surface area contributed by atoms with E-state index in [2.05, 4.69) is 10.6 Å². The molecule has 2 aromatic carbocycles. The van der Waals surface area contributed by atoms with Crippen molar-refractivity contribution < 1.29 is 13.9 Å². The summed E-state index contributed by atoms with van der Waals surface area (Å²) in [6, 6.07) is 15.3. The van der Waals surface area contributed by atoms with E-state index in [0.29, 0.717) is 6.54 Å². The van der Waals surface area contributed by atoms with Gasteiger partial charge >= 0.3 is 6.03 Å². The Balaban J connectivity index is 1.60. The lowest BCUT2D eigenvalue weighted by Gasteiger charge is -2.13. The van der Waals surface area contributed by atoms with E-state index in [0.717, 1.165) is 34.5 Å². The van der Waals surface area contributed by atoms with E-state index in [4.69, 9.17) is 9.15 Å². The Kier molecular flexibility index (Phi) is 5.46. The first-order valence-corrected chi connectivity index (χ1v) is 8.74. The van der Waals surface area contributed by atoms with Gasteiger partial charge in [-0.3, -0.25) is 0 Å². The minimum absolute atomic E-state index is 0.203. The summed E-state index contributed by atoms with van der Waals surface area (Å²) in [7, 11) is 1.64. The molecule has 1 aromatic heterocycles. The third kappa shape index (κ3) is 3.99. The lowest BCUT2D eigenvalue weighted by molar-refractivity contribution is 0.236. The van der Waals surface area contributed by atoms with Crippen molar-refractivity contribution in [2.45, 2.75) is 26.3 Å². The van der Waals surface area contributed by atoms with Crippen molar-refractivity contribution in [3.63, 3.8) is 0 Å². The molecule has 5 nitrogen and oxygen atoms in total. The van der Waals surface area contributed by atoms with Crippen LogP contribution in [0.15, 0.2) is 52.9 Å². The minimum atomic E-state index is -0.231. The second-order valence-corrected chi connectivity index (χ2v) is 6.31. The molecule has 0 spiro atoms. The third-order valence-corrected chi connectivity index (χ3v) is 4.46. The van der Waals surface area contributed by atoms with Crippen LogP contribution in [-0.4, -0.2) is 19.7 Å². The summed E-state index contributed by atoms with van der Waals surface area (Å²) in [5, 5.41) is 6.83. The van der Waals surface area contributed by atoms with Gasteiger partial charge in [0.05, 0.1) is 13.2 Å². The molecule has 0 bridgehead atoms. The number of fused-ring (bicyclic) bond motifs is 1. The van der Waals surface area contributed by atoms with E-state index in [1.54, 1.807) is 7.11 Å². The van der Waals surface area contributed by atoms with Gasteiger partial charge in [-0.05, 0) is 44.0 Å². The maximum Gasteiger partial charge on any atom is 0.315 e. The summed E-state index contributed by atoms with van der Waals surface area (Å²) >= 11 is 0. The topological polar surface area (TPSA) is 63.5 Å². The van der Waals surface area contributed by atoms with Gasteiger partial charge in [-0.1, -0.05) is 30.3 Å². The molecule has 0 aliphatic rings. The third-order valence-electron chi connectivity index (χ3n) is 4.46. The van der Waals surface area contributed by atoms with Crippen molar-refractivity contribution in [1.29, 1.82) is 0 Å². The van der Waals surface area contributed by atoms with E-state index in [1.807, 2.05) is 62.4 Å². The van der Waals surface area contributed by atoms with Gasteiger partial charge in [-0.15, -0.1) is 0 Å². The largest absolute Gasteiger partial charge is 0.497 e. The number of hydrogen-bond donors (Lipinski definition) is 2. The van der Waals surface area contributed by atoms with Gasteiger partial charge < -0.3 is 19.8 Å². The van der Waals surface area contributed by atoms with Crippen LogP contribution in [0.25, 0.3) is 11.0 Å². The fourth-order valence-electron chi connectivity index (χ4n) is 3.04. The normalized spacial score (nSPS) is 12.0. The number of nitrogens with one attached hydrogen (secondary N) is 2. The molecule has 0 saturated heterocycles. The quantitative estimate of drug-likeness (QED) is 0.693. The van der Waals surface area contributed by atoms with E-state index in [-0.39, 0.29) is 12.1 Å². The van der Waals surface area contributed by atoms with Gasteiger partial charge in [-0.25, -0.2) is 4.79 Å². The number of furan rings is 1. The van der Waals surface area contributed by atoms with Crippen LogP contribution in [0.3, 0.4) is 0 Å². The highest BCUT2D eigenvalue weighted by Crippen LogP contribution is 2.31. The zero-order chi connectivity index (χ0) is 18.5. The number of urea groups is 1. The lowest BCUT2D eigenvalue weighted by Crippen LogP contribution is -2.38. The Hall–Kier alpha value is -2.95. The van der Waals surface area contributed by atoms with Crippen LogP contribution >= 0.6 is 0 Å². The number of benzene rings is 2. The Morgan fingerprint density at radius 3 is 2.69 bits per heavy atom. The SMILES string of the molecule is COc1ccc2oc(C(C)NC(=O)NCCc3ccccc3)c(C)c2c1. The van der Waals surface area contributed by atoms with Gasteiger partial charge in [-0.2, -0.15) is 0 Å². The van der Waals surface area contributed by atoms with Gasteiger partial charge in [0.15, 0.2) is 0 Å². The van der Waals surface area contributed by atoms with Crippen LogP contribution in [-0.2, 0) is 6.42 Å². The highest BCUT2D eigenvalue weighted by atomic mass is 16.5. The predicted octanol–water partition coefficient (Wildman–Crippen LogP) is 4.35. The second kappa shape index (κ2) is 7.95. The average molecular weight is 352 g/mol. The Bertz CT molecular complexity index is 887. The van der Waals surface area contributed by atoms with Crippen molar-refractivity contribution in [1.82, 2.24) is 10.6 Å². The van der Waals surface area contributed by atoms with Crippen molar-refractivity contribution >= 4 is 17.0 Å². The fraction of sp³-hybridized carbons (Fsp3) is 0.286. The molecule has 0 saturated carbocycles. The van der Waals surface area contributed by atoms with Crippen LogP contribution in [0, 0.1) is 6.92 Å². The summed E-state index contributed by atoms with van der Waals surface area (Å²) < 4.78 is 11.2. The van der Waals surface area contributed by atoms with E-state index in [1.165, 1.54) is 5.56 Å². The average Bonchev–Trinajstić information content (AvgIpc) is 2.99. The molecule has 2 N–H and O–H groups in total. The maximum absolute atomic E-state index is 12.2. The molecule has 1 heterocycles. The molecule has 3 aromatic rings. The molecule has 1 atom stereocenters. The fourth-order valence-corrected chi connectivity index (χ4v) is 3.04. The Morgan fingerprint density at radius 1 is 1.19 bits per heavy atom. The number of carbonyl (C=O) groups is 1. The van der Waals surface area contributed by atoms with Gasteiger partial charge in [0.2, 0.25) is 0 Å². The molecule has 0 fully saturated rings. The molecule has 0 aliphatic carbocycles. The number of aryl methyl sites for hydroxylation is 1. The zero-order valence-electron chi connectivity index (χ0n) is 15.3. The zero-order valence-corrected chi connectivity index (χ0v) is 15.3. The molecule has 0 aliphatic heterocycles. The minimum Gasteiger partial charge on any atom is -0.497 e. The van der Waals surface area contributed by atoms with E-state index >= 15 is 0 Å². The summed E-state index contributed by atoms with van der Waals surface area (Å²) in [6.07, 6.45) is 0.798. The summed E-state index contributed by atoms with van der Waals surface area (Å²) in [5.41, 5.74) is 3.00. The highest BCUT2D eigenvalue weighted by molar-refractivity contribution is 5.84. The number of carbonyl (C=O) groups excluding carboxylic acids is 1. The number of methoxy groups -OCH3 is 1. The molecule has 136 valence electrons. The summed E-state index contributed by atoms with van der Waals surface area (Å²) in [6.45, 7) is 4.49. The van der Waals surface area contributed by atoms with Crippen molar-refractivity contribution in [3.8, 4) is 5.75 Å². The van der Waals surface area contributed by atoms with Gasteiger partial charge in [0.1, 0.15) is 17.1 Å². The first-order valence-electron chi connectivity index (χ1n) is 8.74. The van der Waals surface area contributed by atoms with Gasteiger partial charge in [0.25, 0.3) is 0 Å². The standard InChI is InChI=1S/C21H24N2O3/c1-14-18-13-17(25-3)9-10-19(18)26-20(14)15(2)23-21(24)22-12-11-16-7-5-4-6-8-16/h4-10,13,15H,11-12H2,1-3H3,(H2,22,23,24). The predicted molar refractivity (Wildman–Crippen MR) is 103 cm³/mol. The molecule has 0 radical (unpaired) electrons. The first-order chi connectivity index (χ1) is 12.6. The number of hydrogen-bond acceptors (Lipinski definition) is 3. The second-order valence-electron chi connectivity index (χ2n) is 6.31. The molecular weight excluding hydrogens is 328 g/mol. The number of ether oxygens (including phenoxy) is 1. The van der Waals surface area contributed by atoms with Crippen LogP contribution in [0.4, 0.5) is 4.79 Å². The Morgan fingerprint density at radius 2 is 1.96 bits per heavy atom. The van der Waals surface area contributed by atoms with Crippen LogP contribution in [0.5, 0.6) is 5.75 Å². The van der Waals surface area contributed by atoms with Crippen molar-refractivity contribution in [2.75, 3.05) is 13.7 Å². The van der Waals surface area contributed by atoms with Crippen molar-refractivity contribution in [3.05, 3.63) is 65.4 Å². The molecule has 5 heteroatoms. The highest BCUT2D eigenvalue weighted by Gasteiger charge is 2.18. The maximum atomic E-state index is 12.2. The lowest BCUT2D eigenvalue weighted by atomic mass is 10.1. The van der Waals surface area contributed by atoms with Crippen LogP contribution < -0.4 is 15.4 Å². The smallest absolute Gasteiger partial charge is 0.315 e. The monoisotopic (exact) mass is 352 g/mol. The molecular formula is C21H24N2O3.